The number of nitrogens with one attached hydrogen (secondary N) is 1. The minimum Gasteiger partial charge on any atom is -0.337 e. The number of hydrogen-bond donors (Lipinski definition) is 1. The molecule has 2 saturated heterocycles. The molecule has 1 N–H and O–H groups in total. The summed E-state index contributed by atoms with van der Waals surface area (Å²) in [5, 5.41) is 3.02. The predicted octanol–water partition coefficient (Wildman–Crippen LogP) is 0.707. The van der Waals surface area contributed by atoms with Crippen LogP contribution in [-0.2, 0) is 4.79 Å². The zero-order chi connectivity index (χ0) is 8.77. The molecule has 0 aromatic heterocycles. The molecule has 2 rings (SSSR count). The third-order valence-corrected chi connectivity index (χ3v) is 2.95. The fourth-order valence-corrected chi connectivity index (χ4v) is 2.33. The second kappa shape index (κ2) is 2.46. The van der Waals surface area contributed by atoms with Gasteiger partial charge in [0, 0.05) is 6.54 Å². The van der Waals surface area contributed by atoms with Gasteiger partial charge in [0.15, 0.2) is 0 Å². The Balaban J connectivity index is 2.22. The Morgan fingerprint density at radius 1 is 1.50 bits per heavy atom. The van der Waals surface area contributed by atoms with Crippen molar-refractivity contribution in [2.45, 2.75) is 44.8 Å². The largest absolute Gasteiger partial charge is 0.337 e. The first-order chi connectivity index (χ1) is 5.61. The van der Waals surface area contributed by atoms with Crippen LogP contribution in [0, 0.1) is 0 Å². The van der Waals surface area contributed by atoms with Crippen molar-refractivity contribution in [1.29, 1.82) is 0 Å². The molecule has 1 unspecified atom stereocenters. The molecule has 0 bridgehead atoms. The number of carbonyl (C=O) groups excluding carboxylic acids is 1. The number of amides is 1. The van der Waals surface area contributed by atoms with Crippen LogP contribution in [0.15, 0.2) is 0 Å². The molecular formula is C9H16N2O. The summed E-state index contributed by atoms with van der Waals surface area (Å²) in [6.07, 6.45) is 3.47. The smallest absolute Gasteiger partial charge is 0.238 e. The fraction of sp³-hybridized carbons (Fsp3) is 0.889. The standard InChI is InChI=1S/C9H16N2O/c1-9(2)10-8(12)7-5-3-4-6-11(7)9/h7H,3-6H2,1-2H3,(H,10,12). The number of fused-ring (bicyclic) bond motifs is 1. The van der Waals surface area contributed by atoms with E-state index in [2.05, 4.69) is 24.1 Å². The Bertz CT molecular complexity index is 213. The molecule has 0 aromatic carbocycles. The molecule has 68 valence electrons. The van der Waals surface area contributed by atoms with E-state index in [0.29, 0.717) is 0 Å². The molecule has 0 spiro atoms. The van der Waals surface area contributed by atoms with Gasteiger partial charge >= 0.3 is 0 Å². The predicted molar refractivity (Wildman–Crippen MR) is 46.6 cm³/mol. The van der Waals surface area contributed by atoms with Crippen LogP contribution in [-0.4, -0.2) is 29.1 Å². The molecule has 0 aliphatic carbocycles. The number of rotatable bonds is 0. The molecule has 3 heteroatoms. The van der Waals surface area contributed by atoms with E-state index >= 15 is 0 Å². The highest BCUT2D eigenvalue weighted by Crippen LogP contribution is 2.29. The Labute approximate surface area is 73.1 Å². The first-order valence-corrected chi connectivity index (χ1v) is 4.70. The lowest BCUT2D eigenvalue weighted by Crippen LogP contribution is -2.49. The minimum absolute atomic E-state index is 0.109. The van der Waals surface area contributed by atoms with Gasteiger partial charge in [0.1, 0.15) is 0 Å². The summed E-state index contributed by atoms with van der Waals surface area (Å²) in [4.78, 5) is 13.8. The molecule has 2 aliphatic heterocycles. The maximum Gasteiger partial charge on any atom is 0.238 e. The first kappa shape index (κ1) is 8.05. The van der Waals surface area contributed by atoms with E-state index in [-0.39, 0.29) is 17.6 Å². The Kier molecular flexibility index (Phi) is 1.65. The molecule has 0 radical (unpaired) electrons. The van der Waals surface area contributed by atoms with Crippen molar-refractivity contribution in [3.05, 3.63) is 0 Å². The Morgan fingerprint density at radius 2 is 2.25 bits per heavy atom. The van der Waals surface area contributed by atoms with Gasteiger partial charge in [-0.15, -0.1) is 0 Å². The van der Waals surface area contributed by atoms with E-state index in [4.69, 9.17) is 0 Å². The van der Waals surface area contributed by atoms with E-state index in [1.165, 1.54) is 12.8 Å². The normalized spacial score (nSPS) is 34.5. The summed E-state index contributed by atoms with van der Waals surface area (Å²) in [5.41, 5.74) is -0.109. The lowest BCUT2D eigenvalue weighted by Gasteiger charge is -2.36. The van der Waals surface area contributed by atoms with Crippen molar-refractivity contribution < 1.29 is 4.79 Å². The van der Waals surface area contributed by atoms with Crippen molar-refractivity contribution in [1.82, 2.24) is 10.2 Å². The molecular weight excluding hydrogens is 152 g/mol. The lowest BCUT2D eigenvalue weighted by atomic mass is 10.0. The van der Waals surface area contributed by atoms with Crippen LogP contribution in [0.3, 0.4) is 0 Å². The van der Waals surface area contributed by atoms with Gasteiger partial charge < -0.3 is 5.32 Å². The highest BCUT2D eigenvalue weighted by Gasteiger charge is 2.45. The number of carbonyl (C=O) groups is 1. The summed E-state index contributed by atoms with van der Waals surface area (Å²) in [6, 6.07) is 0.161. The highest BCUT2D eigenvalue weighted by molar-refractivity contribution is 5.84. The van der Waals surface area contributed by atoms with Crippen LogP contribution >= 0.6 is 0 Å². The van der Waals surface area contributed by atoms with Gasteiger partial charge in [0.05, 0.1) is 11.7 Å². The molecule has 2 aliphatic rings. The average Bonchev–Trinajstić information content (AvgIpc) is 2.25. The number of piperidine rings is 1. The van der Waals surface area contributed by atoms with Crippen molar-refractivity contribution in [3.63, 3.8) is 0 Å². The molecule has 0 saturated carbocycles. The molecule has 2 heterocycles. The van der Waals surface area contributed by atoms with Crippen molar-refractivity contribution in [3.8, 4) is 0 Å². The maximum absolute atomic E-state index is 11.5. The van der Waals surface area contributed by atoms with Gasteiger partial charge in [-0.05, 0) is 26.7 Å². The van der Waals surface area contributed by atoms with E-state index in [1.54, 1.807) is 0 Å². The van der Waals surface area contributed by atoms with Gasteiger partial charge in [-0.3, -0.25) is 9.69 Å². The molecule has 3 nitrogen and oxygen atoms in total. The van der Waals surface area contributed by atoms with Crippen molar-refractivity contribution in [2.24, 2.45) is 0 Å². The number of hydrogen-bond acceptors (Lipinski definition) is 2. The van der Waals surface area contributed by atoms with Gasteiger partial charge in [0.2, 0.25) is 5.91 Å². The average molecular weight is 168 g/mol. The van der Waals surface area contributed by atoms with Crippen LogP contribution in [0.2, 0.25) is 0 Å². The van der Waals surface area contributed by atoms with Gasteiger partial charge in [-0.2, -0.15) is 0 Å². The highest BCUT2D eigenvalue weighted by atomic mass is 16.2. The molecule has 12 heavy (non-hydrogen) atoms. The quantitative estimate of drug-likeness (QED) is 0.577. The lowest BCUT2D eigenvalue weighted by molar-refractivity contribution is -0.122. The second-order valence-corrected chi connectivity index (χ2v) is 4.25. The van der Waals surface area contributed by atoms with Crippen molar-refractivity contribution in [2.75, 3.05) is 6.54 Å². The summed E-state index contributed by atoms with van der Waals surface area (Å²) < 4.78 is 0. The third kappa shape index (κ3) is 1.04. The van der Waals surface area contributed by atoms with Crippen LogP contribution in [0.25, 0.3) is 0 Å². The fourth-order valence-electron chi connectivity index (χ4n) is 2.33. The molecule has 1 amide bonds. The summed E-state index contributed by atoms with van der Waals surface area (Å²) >= 11 is 0. The zero-order valence-electron chi connectivity index (χ0n) is 7.76. The zero-order valence-corrected chi connectivity index (χ0v) is 7.76. The molecule has 0 aromatic rings. The SMILES string of the molecule is CC1(C)NC(=O)C2CCCCN21. The first-order valence-electron chi connectivity index (χ1n) is 4.70. The molecule has 1 atom stereocenters. The van der Waals surface area contributed by atoms with E-state index in [9.17, 15) is 4.79 Å². The summed E-state index contributed by atoms with van der Waals surface area (Å²) in [6.45, 7) is 5.23. The van der Waals surface area contributed by atoms with Crippen LogP contribution in [0.4, 0.5) is 0 Å². The third-order valence-electron chi connectivity index (χ3n) is 2.95. The second-order valence-electron chi connectivity index (χ2n) is 4.25. The van der Waals surface area contributed by atoms with Crippen molar-refractivity contribution >= 4 is 5.91 Å². The van der Waals surface area contributed by atoms with Crippen LogP contribution < -0.4 is 5.32 Å². The van der Waals surface area contributed by atoms with E-state index < -0.39 is 0 Å². The monoisotopic (exact) mass is 168 g/mol. The van der Waals surface area contributed by atoms with E-state index in [1.807, 2.05) is 0 Å². The van der Waals surface area contributed by atoms with Crippen LogP contribution in [0.1, 0.15) is 33.1 Å². The van der Waals surface area contributed by atoms with Gasteiger partial charge in [-0.25, -0.2) is 0 Å². The van der Waals surface area contributed by atoms with Crippen LogP contribution in [0.5, 0.6) is 0 Å². The topological polar surface area (TPSA) is 32.3 Å². The van der Waals surface area contributed by atoms with Gasteiger partial charge in [0.25, 0.3) is 0 Å². The Morgan fingerprint density at radius 3 is 2.92 bits per heavy atom. The van der Waals surface area contributed by atoms with E-state index in [0.717, 1.165) is 13.0 Å². The Hall–Kier alpha value is -0.570. The van der Waals surface area contributed by atoms with Gasteiger partial charge in [-0.1, -0.05) is 6.42 Å². The minimum atomic E-state index is -0.109. The summed E-state index contributed by atoms with van der Waals surface area (Å²) in [7, 11) is 0. The number of nitrogens with zero attached hydrogens (tertiary/aromatic N) is 1. The maximum atomic E-state index is 11.5. The molecule has 2 fully saturated rings. The summed E-state index contributed by atoms with van der Waals surface area (Å²) in [5.74, 6) is 0.222.